The van der Waals surface area contributed by atoms with Gasteiger partial charge < -0.3 is 5.11 Å². The molecule has 0 atom stereocenters. The van der Waals surface area contributed by atoms with Gasteiger partial charge in [0.1, 0.15) is 5.69 Å². The van der Waals surface area contributed by atoms with Crippen molar-refractivity contribution in [3.8, 4) is 0 Å². The summed E-state index contributed by atoms with van der Waals surface area (Å²) < 4.78 is 36.3. The Hall–Kier alpha value is -0.860. The molecule has 0 saturated heterocycles. The summed E-state index contributed by atoms with van der Waals surface area (Å²) in [4.78, 5) is 13.5. The van der Waals surface area contributed by atoms with E-state index in [9.17, 15) is 18.0 Å². The molecule has 0 aromatic carbocycles. The monoisotopic (exact) mass is 317 g/mol. The van der Waals surface area contributed by atoms with Crippen LogP contribution in [0, 0.1) is 3.57 Å². The summed E-state index contributed by atoms with van der Waals surface area (Å²) in [5, 5.41) is 8.53. The number of hydrogen-bond donors (Lipinski definition) is 1. The zero-order valence-electron chi connectivity index (χ0n) is 6.47. The molecule has 0 saturated carbocycles. The first-order chi connectivity index (χ1) is 6.32. The van der Waals surface area contributed by atoms with Crippen LogP contribution >= 0.6 is 22.6 Å². The average Bonchev–Trinajstić information content (AvgIpc) is 2.01. The van der Waals surface area contributed by atoms with E-state index in [1.54, 1.807) is 0 Å². The second-order valence-electron chi connectivity index (χ2n) is 2.35. The molecule has 7 heteroatoms. The van der Waals surface area contributed by atoms with Crippen molar-refractivity contribution in [3.63, 3.8) is 0 Å². The number of aromatic nitrogens is 1. The molecule has 1 rings (SSSR count). The minimum atomic E-state index is -4.54. The molecule has 0 spiro atoms. The molecule has 0 aliphatic rings. The van der Waals surface area contributed by atoms with E-state index in [1.807, 2.05) is 0 Å². The third kappa shape index (κ3) is 2.34. The Morgan fingerprint density at radius 2 is 2.07 bits per heavy atom. The lowest BCUT2D eigenvalue weighted by Gasteiger charge is -2.06. The topological polar surface area (TPSA) is 50.2 Å². The van der Waals surface area contributed by atoms with Gasteiger partial charge in [-0.05, 0) is 28.7 Å². The molecule has 0 fully saturated rings. The molecule has 1 aromatic rings. The number of alkyl halides is 3. The van der Waals surface area contributed by atoms with Crippen molar-refractivity contribution in [2.45, 2.75) is 6.18 Å². The summed E-state index contributed by atoms with van der Waals surface area (Å²) in [6, 6.07) is 0.698. The normalized spacial score (nSPS) is 11.4. The maximum atomic E-state index is 12.1. The lowest BCUT2D eigenvalue weighted by Crippen LogP contribution is -2.10. The molecule has 1 aromatic heterocycles. The highest BCUT2D eigenvalue weighted by atomic mass is 127. The number of rotatable bonds is 1. The van der Waals surface area contributed by atoms with Gasteiger partial charge in [-0.15, -0.1) is 0 Å². The first kappa shape index (κ1) is 11.2. The number of carboxylic acid groups (broad SMARTS) is 1. The Bertz CT molecular complexity index is 378. The van der Waals surface area contributed by atoms with E-state index in [0.717, 1.165) is 0 Å². The van der Waals surface area contributed by atoms with Crippen LogP contribution in [0.1, 0.15) is 16.1 Å². The number of pyridine rings is 1. The molecule has 3 nitrogen and oxygen atoms in total. The Balaban J connectivity index is 3.20. The molecule has 0 radical (unpaired) electrons. The van der Waals surface area contributed by atoms with Gasteiger partial charge in [0.15, 0.2) is 0 Å². The van der Waals surface area contributed by atoms with Crippen molar-refractivity contribution in [1.82, 2.24) is 4.98 Å². The Kier molecular flexibility index (Phi) is 2.98. The molecule has 76 valence electrons. The molecule has 1 heterocycles. The van der Waals surface area contributed by atoms with E-state index >= 15 is 0 Å². The van der Waals surface area contributed by atoms with Crippen molar-refractivity contribution < 1.29 is 23.1 Å². The second-order valence-corrected chi connectivity index (χ2v) is 3.51. The zero-order chi connectivity index (χ0) is 10.9. The maximum Gasteiger partial charge on any atom is 0.433 e. The Morgan fingerprint density at radius 3 is 2.43 bits per heavy atom. The number of carboxylic acids is 1. The van der Waals surface area contributed by atoms with Gasteiger partial charge in [0.05, 0.1) is 5.56 Å². The van der Waals surface area contributed by atoms with Crippen LogP contribution in [0.15, 0.2) is 12.3 Å². The van der Waals surface area contributed by atoms with Crippen molar-refractivity contribution >= 4 is 28.6 Å². The fourth-order valence-electron chi connectivity index (χ4n) is 0.743. The van der Waals surface area contributed by atoms with Crippen LogP contribution in [0.2, 0.25) is 0 Å². The average molecular weight is 317 g/mol. The van der Waals surface area contributed by atoms with Crippen LogP contribution < -0.4 is 0 Å². The SMILES string of the molecule is O=C(O)c1cnc(C(F)(F)F)cc1I. The van der Waals surface area contributed by atoms with Gasteiger partial charge in [0.25, 0.3) is 0 Å². The molecular formula is C7H3F3INO2. The molecule has 0 bridgehead atoms. The van der Waals surface area contributed by atoms with Crippen LogP contribution in [-0.4, -0.2) is 16.1 Å². The lowest BCUT2D eigenvalue weighted by molar-refractivity contribution is -0.141. The van der Waals surface area contributed by atoms with Crippen molar-refractivity contribution in [3.05, 3.63) is 27.1 Å². The summed E-state index contributed by atoms with van der Waals surface area (Å²) >= 11 is 1.52. The van der Waals surface area contributed by atoms with Gasteiger partial charge in [-0.1, -0.05) is 0 Å². The number of aromatic carboxylic acids is 1. The largest absolute Gasteiger partial charge is 0.478 e. The van der Waals surface area contributed by atoms with Crippen molar-refractivity contribution in [2.75, 3.05) is 0 Å². The van der Waals surface area contributed by atoms with Gasteiger partial charge >= 0.3 is 12.1 Å². The first-order valence-electron chi connectivity index (χ1n) is 3.28. The zero-order valence-corrected chi connectivity index (χ0v) is 8.63. The third-order valence-electron chi connectivity index (χ3n) is 1.37. The van der Waals surface area contributed by atoms with E-state index < -0.39 is 17.8 Å². The highest BCUT2D eigenvalue weighted by molar-refractivity contribution is 14.1. The Morgan fingerprint density at radius 1 is 1.50 bits per heavy atom. The number of hydrogen-bond acceptors (Lipinski definition) is 2. The fraction of sp³-hybridized carbons (Fsp3) is 0.143. The number of halogens is 4. The van der Waals surface area contributed by atoms with Gasteiger partial charge in [0, 0.05) is 9.77 Å². The van der Waals surface area contributed by atoms with Gasteiger partial charge in [-0.3, -0.25) is 4.98 Å². The quantitative estimate of drug-likeness (QED) is 0.809. The summed E-state index contributed by atoms with van der Waals surface area (Å²) in [6.07, 6.45) is -3.84. The predicted octanol–water partition coefficient (Wildman–Crippen LogP) is 2.40. The van der Waals surface area contributed by atoms with Crippen molar-refractivity contribution in [1.29, 1.82) is 0 Å². The Labute approximate surface area is 90.1 Å². The van der Waals surface area contributed by atoms with E-state index in [-0.39, 0.29) is 9.13 Å². The van der Waals surface area contributed by atoms with E-state index in [4.69, 9.17) is 5.11 Å². The second kappa shape index (κ2) is 3.71. The summed E-state index contributed by atoms with van der Waals surface area (Å²) in [6.45, 7) is 0. The summed E-state index contributed by atoms with van der Waals surface area (Å²) in [7, 11) is 0. The number of carbonyl (C=O) groups is 1. The smallest absolute Gasteiger partial charge is 0.433 e. The molecule has 0 aliphatic heterocycles. The van der Waals surface area contributed by atoms with Crippen LogP contribution in [0.4, 0.5) is 13.2 Å². The summed E-state index contributed by atoms with van der Waals surface area (Å²) in [5.74, 6) is -1.30. The fourth-order valence-corrected chi connectivity index (χ4v) is 1.41. The van der Waals surface area contributed by atoms with Gasteiger partial charge in [0.2, 0.25) is 0 Å². The van der Waals surface area contributed by atoms with E-state index in [1.165, 1.54) is 22.6 Å². The standard InChI is InChI=1S/C7H3F3INO2/c8-7(9,10)5-1-4(11)3(2-12-5)6(13)14/h1-2H,(H,13,14). The highest BCUT2D eigenvalue weighted by Crippen LogP contribution is 2.28. The molecule has 0 unspecified atom stereocenters. The minimum Gasteiger partial charge on any atom is -0.478 e. The minimum absolute atomic E-state index is 0.0115. The van der Waals surface area contributed by atoms with E-state index in [2.05, 4.69) is 4.98 Å². The first-order valence-corrected chi connectivity index (χ1v) is 4.36. The van der Waals surface area contributed by atoms with Crippen LogP contribution in [0.5, 0.6) is 0 Å². The van der Waals surface area contributed by atoms with Crippen LogP contribution in [0.25, 0.3) is 0 Å². The third-order valence-corrected chi connectivity index (χ3v) is 2.27. The van der Waals surface area contributed by atoms with Gasteiger partial charge in [-0.25, -0.2) is 4.79 Å². The predicted molar refractivity (Wildman–Crippen MR) is 48.9 cm³/mol. The highest BCUT2D eigenvalue weighted by Gasteiger charge is 2.33. The molecule has 14 heavy (non-hydrogen) atoms. The maximum absolute atomic E-state index is 12.1. The van der Waals surface area contributed by atoms with Crippen molar-refractivity contribution in [2.24, 2.45) is 0 Å². The molecule has 0 amide bonds. The molecule has 0 aliphatic carbocycles. The summed E-state index contributed by atoms with van der Waals surface area (Å²) in [5.41, 5.74) is -1.33. The van der Waals surface area contributed by atoms with Crippen LogP contribution in [0.3, 0.4) is 0 Å². The lowest BCUT2D eigenvalue weighted by atomic mass is 10.2. The molecular weight excluding hydrogens is 314 g/mol. The van der Waals surface area contributed by atoms with Crippen LogP contribution in [-0.2, 0) is 6.18 Å². The molecule has 1 N–H and O–H groups in total. The number of nitrogens with zero attached hydrogens (tertiary/aromatic N) is 1. The van der Waals surface area contributed by atoms with E-state index in [0.29, 0.717) is 12.3 Å². The van der Waals surface area contributed by atoms with Gasteiger partial charge in [-0.2, -0.15) is 13.2 Å².